The number of aryl methyl sites for hydroxylation is 1. The summed E-state index contributed by atoms with van der Waals surface area (Å²) in [7, 11) is -3.78. The first kappa shape index (κ1) is 24.6. The topological polar surface area (TPSA) is 84.5 Å². The van der Waals surface area contributed by atoms with E-state index in [9.17, 15) is 13.2 Å². The molecular formula is C26H30N2O4S. The number of amides is 1. The van der Waals surface area contributed by atoms with Crippen molar-refractivity contribution in [2.45, 2.75) is 51.5 Å². The number of rotatable bonds is 10. The van der Waals surface area contributed by atoms with Gasteiger partial charge in [-0.05, 0) is 55.2 Å². The Labute approximate surface area is 196 Å². The molecule has 0 fully saturated rings. The van der Waals surface area contributed by atoms with Crippen LogP contribution in [0.2, 0.25) is 0 Å². The highest BCUT2D eigenvalue weighted by Crippen LogP contribution is 2.18. The number of sulfonamides is 1. The zero-order valence-electron chi connectivity index (χ0n) is 19.2. The highest BCUT2D eigenvalue weighted by molar-refractivity contribution is 7.89. The Bertz CT molecular complexity index is 1190. The van der Waals surface area contributed by atoms with Crippen LogP contribution in [-0.2, 0) is 34.5 Å². The van der Waals surface area contributed by atoms with Crippen molar-refractivity contribution < 1.29 is 17.9 Å². The largest absolute Gasteiger partial charge is 0.374 e. The van der Waals surface area contributed by atoms with E-state index in [-0.39, 0.29) is 23.5 Å². The van der Waals surface area contributed by atoms with Gasteiger partial charge in [-0.3, -0.25) is 4.79 Å². The van der Waals surface area contributed by atoms with Crippen molar-refractivity contribution in [3.05, 3.63) is 101 Å². The second-order valence-corrected chi connectivity index (χ2v) is 9.89. The monoisotopic (exact) mass is 466 g/mol. The van der Waals surface area contributed by atoms with Gasteiger partial charge in [-0.1, -0.05) is 60.7 Å². The van der Waals surface area contributed by atoms with Gasteiger partial charge in [0.2, 0.25) is 10.0 Å². The van der Waals surface area contributed by atoms with Gasteiger partial charge in [0.25, 0.3) is 5.91 Å². The molecule has 0 saturated heterocycles. The molecule has 3 rings (SSSR count). The zero-order chi connectivity index (χ0) is 23.8. The first-order valence-electron chi connectivity index (χ1n) is 10.9. The van der Waals surface area contributed by atoms with Gasteiger partial charge in [-0.25, -0.2) is 13.1 Å². The molecule has 174 valence electrons. The Kier molecular flexibility index (Phi) is 8.38. The van der Waals surface area contributed by atoms with Crippen LogP contribution in [-0.4, -0.2) is 20.4 Å². The third kappa shape index (κ3) is 7.25. The highest BCUT2D eigenvalue weighted by Gasteiger charge is 2.19. The summed E-state index contributed by atoms with van der Waals surface area (Å²) in [6, 6.07) is 21.8. The normalized spacial score (nSPS) is 11.5. The van der Waals surface area contributed by atoms with Crippen LogP contribution in [0, 0.1) is 6.92 Å². The standard InChI is InChI=1S/C26H30N2O4S/c1-19(2)32-18-23-11-7-10-22(14-23)16-27-26(29)24-13-12-20(3)25(15-24)33(30,31)28-17-21-8-5-4-6-9-21/h4-15,19,28H,16-18H2,1-3H3,(H,27,29). The Balaban J connectivity index is 1.67. The molecule has 0 atom stereocenters. The molecule has 2 N–H and O–H groups in total. The molecule has 0 aliphatic carbocycles. The van der Waals surface area contributed by atoms with E-state index >= 15 is 0 Å². The Morgan fingerprint density at radius 1 is 0.879 bits per heavy atom. The summed E-state index contributed by atoms with van der Waals surface area (Å²) in [5, 5.41) is 2.87. The molecule has 0 bridgehead atoms. The SMILES string of the molecule is Cc1ccc(C(=O)NCc2cccc(COC(C)C)c2)cc1S(=O)(=O)NCc1ccccc1. The van der Waals surface area contributed by atoms with E-state index in [1.165, 1.54) is 6.07 Å². The van der Waals surface area contributed by atoms with E-state index in [0.29, 0.717) is 24.3 Å². The van der Waals surface area contributed by atoms with Gasteiger partial charge in [-0.2, -0.15) is 0 Å². The van der Waals surface area contributed by atoms with Gasteiger partial charge in [-0.15, -0.1) is 0 Å². The van der Waals surface area contributed by atoms with E-state index in [4.69, 9.17) is 4.74 Å². The summed E-state index contributed by atoms with van der Waals surface area (Å²) in [6.45, 7) is 6.69. The second kappa shape index (κ2) is 11.2. The van der Waals surface area contributed by atoms with Gasteiger partial charge in [0.1, 0.15) is 0 Å². The fraction of sp³-hybridized carbons (Fsp3) is 0.269. The maximum atomic E-state index is 12.9. The van der Waals surface area contributed by atoms with Crippen LogP contribution in [0.5, 0.6) is 0 Å². The molecule has 0 unspecified atom stereocenters. The first-order valence-corrected chi connectivity index (χ1v) is 12.3. The number of ether oxygens (including phenoxy) is 1. The lowest BCUT2D eigenvalue weighted by molar-refractivity contribution is 0.0657. The minimum Gasteiger partial charge on any atom is -0.374 e. The van der Waals surface area contributed by atoms with Crippen molar-refractivity contribution in [1.82, 2.24) is 10.0 Å². The molecule has 0 saturated carbocycles. The summed E-state index contributed by atoms with van der Waals surface area (Å²) in [6.07, 6.45) is 0.141. The molecule has 0 aliphatic heterocycles. The number of nitrogens with one attached hydrogen (secondary N) is 2. The van der Waals surface area contributed by atoms with E-state index in [2.05, 4.69) is 10.0 Å². The van der Waals surface area contributed by atoms with Crippen LogP contribution in [0.3, 0.4) is 0 Å². The second-order valence-electron chi connectivity index (χ2n) is 8.15. The van der Waals surface area contributed by atoms with Crippen LogP contribution >= 0.6 is 0 Å². The van der Waals surface area contributed by atoms with E-state index in [1.807, 2.05) is 68.4 Å². The van der Waals surface area contributed by atoms with Gasteiger partial charge in [0.15, 0.2) is 0 Å². The number of hydrogen-bond acceptors (Lipinski definition) is 4. The number of carbonyl (C=O) groups excluding carboxylic acids is 1. The van der Waals surface area contributed by atoms with E-state index < -0.39 is 10.0 Å². The Morgan fingerprint density at radius 2 is 1.58 bits per heavy atom. The molecule has 0 aromatic heterocycles. The summed E-state index contributed by atoms with van der Waals surface area (Å²) in [5.41, 5.74) is 3.69. The molecule has 0 aliphatic rings. The number of carbonyl (C=O) groups is 1. The third-order valence-electron chi connectivity index (χ3n) is 5.08. The predicted molar refractivity (Wildman–Crippen MR) is 129 cm³/mol. The van der Waals surface area contributed by atoms with Crippen molar-refractivity contribution in [2.75, 3.05) is 0 Å². The lowest BCUT2D eigenvalue weighted by atomic mass is 10.1. The van der Waals surface area contributed by atoms with Crippen molar-refractivity contribution in [3.63, 3.8) is 0 Å². The molecule has 0 radical (unpaired) electrons. The molecule has 7 heteroatoms. The van der Waals surface area contributed by atoms with Gasteiger partial charge >= 0.3 is 0 Å². The van der Waals surface area contributed by atoms with Crippen LogP contribution in [0.4, 0.5) is 0 Å². The first-order chi connectivity index (χ1) is 15.7. The maximum Gasteiger partial charge on any atom is 0.251 e. The molecular weight excluding hydrogens is 436 g/mol. The average Bonchev–Trinajstić information content (AvgIpc) is 2.81. The quantitative estimate of drug-likeness (QED) is 0.466. The fourth-order valence-corrected chi connectivity index (χ4v) is 4.55. The summed E-state index contributed by atoms with van der Waals surface area (Å²) < 4.78 is 34.0. The van der Waals surface area contributed by atoms with Crippen molar-refractivity contribution >= 4 is 15.9 Å². The van der Waals surface area contributed by atoms with Gasteiger partial charge < -0.3 is 10.1 Å². The van der Waals surface area contributed by atoms with Gasteiger partial charge in [0.05, 0.1) is 17.6 Å². The van der Waals surface area contributed by atoms with Crippen molar-refractivity contribution in [3.8, 4) is 0 Å². The molecule has 1 amide bonds. The van der Waals surface area contributed by atoms with Crippen molar-refractivity contribution in [2.24, 2.45) is 0 Å². The zero-order valence-corrected chi connectivity index (χ0v) is 20.0. The molecule has 3 aromatic rings. The van der Waals surface area contributed by atoms with E-state index in [0.717, 1.165) is 16.7 Å². The number of benzene rings is 3. The Hall–Kier alpha value is -3.00. The fourth-order valence-electron chi connectivity index (χ4n) is 3.26. The van der Waals surface area contributed by atoms with Crippen LogP contribution in [0.25, 0.3) is 0 Å². The maximum absolute atomic E-state index is 12.9. The minimum absolute atomic E-state index is 0.0962. The lowest BCUT2D eigenvalue weighted by Gasteiger charge is -2.12. The molecule has 33 heavy (non-hydrogen) atoms. The van der Waals surface area contributed by atoms with Crippen LogP contribution in [0.1, 0.15) is 46.5 Å². The molecule has 6 nitrogen and oxygen atoms in total. The minimum atomic E-state index is -3.78. The van der Waals surface area contributed by atoms with Gasteiger partial charge in [0, 0.05) is 18.7 Å². The molecule has 3 aromatic carbocycles. The molecule has 0 spiro atoms. The average molecular weight is 467 g/mol. The summed E-state index contributed by atoms with van der Waals surface area (Å²) in [5.74, 6) is -0.335. The summed E-state index contributed by atoms with van der Waals surface area (Å²) >= 11 is 0. The predicted octanol–water partition coefficient (Wildman–Crippen LogP) is 4.33. The van der Waals surface area contributed by atoms with Crippen LogP contribution in [0.15, 0.2) is 77.7 Å². The van der Waals surface area contributed by atoms with Crippen LogP contribution < -0.4 is 10.0 Å². The molecule has 0 heterocycles. The number of hydrogen-bond donors (Lipinski definition) is 2. The van der Waals surface area contributed by atoms with Crippen molar-refractivity contribution in [1.29, 1.82) is 0 Å². The summed E-state index contributed by atoms with van der Waals surface area (Å²) in [4.78, 5) is 12.8. The highest BCUT2D eigenvalue weighted by atomic mass is 32.2. The lowest BCUT2D eigenvalue weighted by Crippen LogP contribution is -2.26. The third-order valence-corrected chi connectivity index (χ3v) is 6.62. The Morgan fingerprint density at radius 3 is 2.30 bits per heavy atom. The smallest absolute Gasteiger partial charge is 0.251 e. The van der Waals surface area contributed by atoms with E-state index in [1.54, 1.807) is 19.1 Å².